The highest BCUT2D eigenvalue weighted by Crippen LogP contribution is 2.08. The Morgan fingerprint density at radius 1 is 1.30 bits per heavy atom. The van der Waals surface area contributed by atoms with Crippen molar-refractivity contribution in [3.63, 3.8) is 0 Å². The Labute approximate surface area is 67.3 Å². The fourth-order valence-corrected chi connectivity index (χ4v) is 1.28. The second kappa shape index (κ2) is 4.61. The number of rotatable bonds is 2. The van der Waals surface area contributed by atoms with Crippen LogP contribution in [0.5, 0.6) is 0 Å². The molecule has 0 heterocycles. The van der Waals surface area contributed by atoms with E-state index in [0.29, 0.717) is 16.5 Å². The summed E-state index contributed by atoms with van der Waals surface area (Å²) >= 11 is 1.61. The second-order valence-corrected chi connectivity index (χ2v) is 4.32. The smallest absolute Gasteiger partial charge is 0.154 e. The molecule has 10 heavy (non-hydrogen) atoms. The fraction of sp³-hybridized carbons (Fsp3) is 0.857. The van der Waals surface area contributed by atoms with E-state index in [1.165, 1.54) is 0 Å². The molecule has 0 aromatic heterocycles. The van der Waals surface area contributed by atoms with Gasteiger partial charge in [-0.25, -0.2) is 0 Å². The Morgan fingerprint density at radius 3 is 2.10 bits per heavy atom. The van der Waals surface area contributed by atoms with Gasteiger partial charge in [0.2, 0.25) is 0 Å². The largest absolute Gasteiger partial charge is 0.379 e. The molecule has 0 saturated carbocycles. The van der Waals surface area contributed by atoms with Gasteiger partial charge in [-0.1, -0.05) is 25.6 Å². The summed E-state index contributed by atoms with van der Waals surface area (Å²) in [5, 5.41) is 1.23. The molecule has 0 radical (unpaired) electrons. The number of nitrogens with zero attached hydrogens (tertiary/aromatic N) is 1. The third kappa shape index (κ3) is 5.95. The van der Waals surface area contributed by atoms with Crippen molar-refractivity contribution in [2.45, 2.75) is 39.0 Å². The molecule has 0 spiro atoms. The zero-order chi connectivity index (χ0) is 8.15. The van der Waals surface area contributed by atoms with Gasteiger partial charge in [0.15, 0.2) is 5.17 Å². The van der Waals surface area contributed by atoms with Crippen LogP contribution >= 0.6 is 11.8 Å². The molecule has 0 aromatic rings. The highest BCUT2D eigenvalue weighted by atomic mass is 32.2. The van der Waals surface area contributed by atoms with Gasteiger partial charge in [0.25, 0.3) is 0 Å². The quantitative estimate of drug-likeness (QED) is 0.494. The number of aliphatic imine (C=N–C) groups is 1. The zero-order valence-electron chi connectivity index (χ0n) is 7.09. The molecule has 2 nitrogen and oxygen atoms in total. The second-order valence-electron chi connectivity index (χ2n) is 2.73. The number of amidine groups is 1. The van der Waals surface area contributed by atoms with Crippen LogP contribution in [0.1, 0.15) is 27.7 Å². The molecule has 0 unspecified atom stereocenters. The Bertz CT molecular complexity index is 119. The van der Waals surface area contributed by atoms with Crippen molar-refractivity contribution >= 4 is 16.9 Å². The molecule has 0 amide bonds. The van der Waals surface area contributed by atoms with Gasteiger partial charge in [0.05, 0.1) is 0 Å². The van der Waals surface area contributed by atoms with Crippen LogP contribution in [0.15, 0.2) is 4.99 Å². The lowest BCUT2D eigenvalue weighted by Crippen LogP contribution is -2.12. The summed E-state index contributed by atoms with van der Waals surface area (Å²) in [4.78, 5) is 4.17. The van der Waals surface area contributed by atoms with Gasteiger partial charge in [-0.15, -0.1) is 0 Å². The molecule has 60 valence electrons. The lowest BCUT2D eigenvalue weighted by Gasteiger charge is -2.04. The van der Waals surface area contributed by atoms with Gasteiger partial charge in [0.1, 0.15) is 0 Å². The summed E-state index contributed by atoms with van der Waals surface area (Å²) in [6.07, 6.45) is 0. The molecule has 0 fully saturated rings. The monoisotopic (exact) mass is 160 g/mol. The van der Waals surface area contributed by atoms with Crippen molar-refractivity contribution in [1.82, 2.24) is 0 Å². The molecule has 0 atom stereocenters. The van der Waals surface area contributed by atoms with E-state index in [9.17, 15) is 0 Å². The van der Waals surface area contributed by atoms with Crippen LogP contribution in [0.3, 0.4) is 0 Å². The van der Waals surface area contributed by atoms with Gasteiger partial charge in [-0.2, -0.15) is 0 Å². The minimum atomic E-state index is 0.311. The first-order valence-electron chi connectivity index (χ1n) is 3.52. The maximum absolute atomic E-state index is 5.59. The predicted molar refractivity (Wildman–Crippen MR) is 49.5 cm³/mol. The Balaban J connectivity index is 3.71. The standard InChI is InChI=1S/C7H16N2S/c1-5(2)9-7(8)10-6(3)4/h5-6H,1-4H3,(H2,8,9). The van der Waals surface area contributed by atoms with E-state index in [1.807, 2.05) is 13.8 Å². The van der Waals surface area contributed by atoms with E-state index < -0.39 is 0 Å². The maximum Gasteiger partial charge on any atom is 0.154 e. The summed E-state index contributed by atoms with van der Waals surface area (Å²) in [5.74, 6) is 0. The predicted octanol–water partition coefficient (Wildman–Crippen LogP) is 1.85. The topological polar surface area (TPSA) is 38.4 Å². The Kier molecular flexibility index (Phi) is 4.52. The molecular weight excluding hydrogens is 144 g/mol. The summed E-state index contributed by atoms with van der Waals surface area (Å²) in [7, 11) is 0. The highest BCUT2D eigenvalue weighted by Gasteiger charge is 1.98. The number of thioether (sulfide) groups is 1. The van der Waals surface area contributed by atoms with E-state index in [-0.39, 0.29) is 0 Å². The number of hydrogen-bond donors (Lipinski definition) is 1. The van der Waals surface area contributed by atoms with Crippen LogP contribution in [-0.2, 0) is 0 Å². The van der Waals surface area contributed by atoms with Gasteiger partial charge < -0.3 is 5.73 Å². The minimum Gasteiger partial charge on any atom is -0.379 e. The summed E-state index contributed by atoms with van der Waals surface area (Å²) < 4.78 is 0. The van der Waals surface area contributed by atoms with Crippen LogP contribution in [0, 0.1) is 0 Å². The summed E-state index contributed by atoms with van der Waals surface area (Å²) in [5.41, 5.74) is 5.59. The zero-order valence-corrected chi connectivity index (χ0v) is 7.90. The average molecular weight is 160 g/mol. The summed E-state index contributed by atoms with van der Waals surface area (Å²) in [6.45, 7) is 8.25. The van der Waals surface area contributed by atoms with Crippen LogP contribution < -0.4 is 5.73 Å². The fourth-order valence-electron chi connectivity index (χ4n) is 0.526. The van der Waals surface area contributed by atoms with E-state index in [1.54, 1.807) is 11.8 Å². The van der Waals surface area contributed by atoms with Crippen LogP contribution in [0.2, 0.25) is 0 Å². The molecule has 0 aromatic carbocycles. The van der Waals surface area contributed by atoms with Gasteiger partial charge in [-0.05, 0) is 13.8 Å². The molecule has 0 aliphatic rings. The number of nitrogens with two attached hydrogens (primary N) is 1. The van der Waals surface area contributed by atoms with Crippen molar-refractivity contribution in [3.8, 4) is 0 Å². The van der Waals surface area contributed by atoms with Crippen molar-refractivity contribution in [3.05, 3.63) is 0 Å². The first-order valence-corrected chi connectivity index (χ1v) is 4.40. The van der Waals surface area contributed by atoms with Crippen LogP contribution in [-0.4, -0.2) is 16.5 Å². The van der Waals surface area contributed by atoms with Crippen molar-refractivity contribution in [2.24, 2.45) is 10.7 Å². The average Bonchev–Trinajstić information content (AvgIpc) is 1.58. The van der Waals surface area contributed by atoms with Crippen LogP contribution in [0.4, 0.5) is 0 Å². The number of hydrogen-bond acceptors (Lipinski definition) is 2. The van der Waals surface area contributed by atoms with Gasteiger partial charge in [-0.3, -0.25) is 4.99 Å². The van der Waals surface area contributed by atoms with Crippen LogP contribution in [0.25, 0.3) is 0 Å². The molecule has 0 saturated heterocycles. The van der Waals surface area contributed by atoms with Crippen molar-refractivity contribution in [2.75, 3.05) is 0 Å². The normalized spacial score (nSPS) is 13.2. The lowest BCUT2D eigenvalue weighted by molar-refractivity contribution is 0.837. The Hall–Kier alpha value is -0.180. The molecular formula is C7H16N2S. The minimum absolute atomic E-state index is 0.311. The molecule has 0 rings (SSSR count). The molecule has 0 aliphatic heterocycles. The van der Waals surface area contributed by atoms with Crippen molar-refractivity contribution < 1.29 is 0 Å². The first-order chi connectivity index (χ1) is 4.52. The first kappa shape index (κ1) is 9.82. The SMILES string of the molecule is CC(C)N=C(N)SC(C)C. The van der Waals surface area contributed by atoms with E-state index in [0.717, 1.165) is 0 Å². The third-order valence-electron chi connectivity index (χ3n) is 0.742. The molecule has 2 N–H and O–H groups in total. The van der Waals surface area contributed by atoms with Gasteiger partial charge >= 0.3 is 0 Å². The molecule has 0 aliphatic carbocycles. The van der Waals surface area contributed by atoms with Gasteiger partial charge in [0, 0.05) is 11.3 Å². The van der Waals surface area contributed by atoms with E-state index >= 15 is 0 Å². The maximum atomic E-state index is 5.59. The van der Waals surface area contributed by atoms with Crippen molar-refractivity contribution in [1.29, 1.82) is 0 Å². The van der Waals surface area contributed by atoms with E-state index in [2.05, 4.69) is 18.8 Å². The third-order valence-corrected chi connectivity index (χ3v) is 1.56. The summed E-state index contributed by atoms with van der Waals surface area (Å²) in [6, 6.07) is 0.311. The molecule has 3 heteroatoms. The van der Waals surface area contributed by atoms with E-state index in [4.69, 9.17) is 5.73 Å². The Morgan fingerprint density at radius 2 is 1.80 bits per heavy atom. The highest BCUT2D eigenvalue weighted by molar-refractivity contribution is 8.14. The lowest BCUT2D eigenvalue weighted by atomic mass is 10.4. The molecule has 0 bridgehead atoms.